The van der Waals surface area contributed by atoms with Crippen molar-refractivity contribution in [1.82, 2.24) is 9.78 Å². The van der Waals surface area contributed by atoms with Gasteiger partial charge in [0.2, 0.25) is 5.88 Å². The summed E-state index contributed by atoms with van der Waals surface area (Å²) in [7, 11) is 0. The lowest BCUT2D eigenvalue weighted by Crippen LogP contribution is -2.17. The average Bonchev–Trinajstić information content (AvgIpc) is 2.98. The Labute approximate surface area is 155 Å². The molecule has 2 heterocycles. The van der Waals surface area contributed by atoms with E-state index in [-0.39, 0.29) is 5.57 Å². The van der Waals surface area contributed by atoms with Crippen LogP contribution in [0.5, 0.6) is 5.88 Å². The highest BCUT2D eigenvalue weighted by Crippen LogP contribution is 2.45. The number of nitriles is 1. The van der Waals surface area contributed by atoms with Gasteiger partial charge in [0.05, 0.1) is 22.9 Å². The van der Waals surface area contributed by atoms with Crippen molar-refractivity contribution in [3.8, 4) is 17.6 Å². The van der Waals surface area contributed by atoms with Crippen LogP contribution in [0.1, 0.15) is 22.7 Å². The summed E-state index contributed by atoms with van der Waals surface area (Å²) in [4.78, 5) is 0. The minimum atomic E-state index is -0.474. The third-order valence-corrected chi connectivity index (χ3v) is 4.64. The smallest absolute Gasteiger partial charge is 0.298 e. The number of para-hydroxylation sites is 1. The highest BCUT2D eigenvalue weighted by Gasteiger charge is 2.36. The van der Waals surface area contributed by atoms with Crippen LogP contribution in [0.25, 0.3) is 5.69 Å². The molecule has 0 unspecified atom stereocenters. The van der Waals surface area contributed by atoms with Gasteiger partial charge < -0.3 is 9.84 Å². The van der Waals surface area contributed by atoms with Crippen LogP contribution in [0, 0.1) is 18.3 Å². The number of ether oxygens (including phenoxy) is 1. The molecule has 0 spiro atoms. The Morgan fingerprint density at radius 3 is 2.50 bits per heavy atom. The standard InChI is InChI=1S/C20H14ClN3O2/c1-12-17-18(13-7-9-14(21)10-8-13)16(11-22)20(25)26-19(17)24(23-12)15-5-3-2-4-6-15/h2-10,18,25H,1H3/t18-/m0/s1. The highest BCUT2D eigenvalue weighted by atomic mass is 35.5. The normalized spacial score (nSPS) is 16.0. The first-order valence-electron chi connectivity index (χ1n) is 8.01. The molecule has 0 amide bonds. The van der Waals surface area contributed by atoms with E-state index in [2.05, 4.69) is 11.2 Å². The lowest BCUT2D eigenvalue weighted by Gasteiger charge is -2.24. The van der Waals surface area contributed by atoms with Crippen LogP contribution in [0.4, 0.5) is 0 Å². The summed E-state index contributed by atoms with van der Waals surface area (Å²) in [6.07, 6.45) is 0. The number of rotatable bonds is 2. The average molecular weight is 364 g/mol. The number of aromatic nitrogens is 2. The van der Waals surface area contributed by atoms with Crippen molar-refractivity contribution in [2.45, 2.75) is 12.8 Å². The SMILES string of the molecule is Cc1nn(-c2ccccc2)c2c1[C@@H](c1ccc(Cl)cc1)C(C#N)=C(O)O2. The van der Waals surface area contributed by atoms with Crippen molar-refractivity contribution in [1.29, 1.82) is 5.26 Å². The molecule has 0 fully saturated rings. The maximum absolute atomic E-state index is 10.4. The molecule has 128 valence electrons. The monoisotopic (exact) mass is 363 g/mol. The number of fused-ring (bicyclic) bond motifs is 1. The zero-order valence-electron chi connectivity index (χ0n) is 13.8. The molecule has 1 N–H and O–H groups in total. The summed E-state index contributed by atoms with van der Waals surface area (Å²) in [6, 6.07) is 18.8. The second-order valence-corrected chi connectivity index (χ2v) is 6.41. The summed E-state index contributed by atoms with van der Waals surface area (Å²) in [5, 5.41) is 25.1. The van der Waals surface area contributed by atoms with E-state index in [1.54, 1.807) is 16.8 Å². The molecular weight excluding hydrogens is 350 g/mol. The van der Waals surface area contributed by atoms with Crippen LogP contribution >= 0.6 is 11.6 Å². The maximum Gasteiger partial charge on any atom is 0.298 e. The van der Waals surface area contributed by atoms with Gasteiger partial charge in [-0.15, -0.1) is 0 Å². The van der Waals surface area contributed by atoms with Crippen LogP contribution in [0.3, 0.4) is 0 Å². The van der Waals surface area contributed by atoms with E-state index in [4.69, 9.17) is 16.3 Å². The number of hydrogen-bond acceptors (Lipinski definition) is 4. The van der Waals surface area contributed by atoms with Crippen LogP contribution in [0.2, 0.25) is 5.02 Å². The molecule has 0 saturated heterocycles. The molecule has 0 radical (unpaired) electrons. The van der Waals surface area contributed by atoms with Gasteiger partial charge in [0, 0.05) is 5.02 Å². The van der Waals surface area contributed by atoms with Crippen LogP contribution in [0.15, 0.2) is 66.1 Å². The number of benzene rings is 2. The maximum atomic E-state index is 10.4. The summed E-state index contributed by atoms with van der Waals surface area (Å²) >= 11 is 6.00. The third-order valence-electron chi connectivity index (χ3n) is 4.39. The second kappa shape index (κ2) is 6.25. The van der Waals surface area contributed by atoms with Gasteiger partial charge in [-0.2, -0.15) is 10.4 Å². The molecule has 0 bridgehead atoms. The largest absolute Gasteiger partial charge is 0.480 e. The van der Waals surface area contributed by atoms with Crippen LogP contribution in [-0.4, -0.2) is 14.9 Å². The summed E-state index contributed by atoms with van der Waals surface area (Å²) < 4.78 is 7.24. The molecular formula is C20H14ClN3O2. The zero-order valence-corrected chi connectivity index (χ0v) is 14.6. The fourth-order valence-corrected chi connectivity index (χ4v) is 3.33. The van der Waals surface area contributed by atoms with Gasteiger partial charge in [-0.05, 0) is 36.8 Å². The zero-order chi connectivity index (χ0) is 18.3. The lowest BCUT2D eigenvalue weighted by atomic mass is 9.84. The van der Waals surface area contributed by atoms with Gasteiger partial charge in [-0.25, -0.2) is 4.68 Å². The Balaban J connectivity index is 1.95. The number of nitrogens with zero attached hydrogens (tertiary/aromatic N) is 3. The molecule has 1 atom stereocenters. The predicted molar refractivity (Wildman–Crippen MR) is 97.5 cm³/mol. The minimum absolute atomic E-state index is 0.149. The molecule has 6 heteroatoms. The van der Waals surface area contributed by atoms with Gasteiger partial charge in [-0.1, -0.05) is 41.9 Å². The number of aryl methyl sites for hydroxylation is 1. The predicted octanol–water partition coefficient (Wildman–Crippen LogP) is 4.65. The fourth-order valence-electron chi connectivity index (χ4n) is 3.21. The van der Waals surface area contributed by atoms with Gasteiger partial charge >= 0.3 is 0 Å². The Bertz CT molecular complexity index is 1050. The molecule has 26 heavy (non-hydrogen) atoms. The summed E-state index contributed by atoms with van der Waals surface area (Å²) in [5.74, 6) is -0.472. The van der Waals surface area contributed by atoms with E-state index < -0.39 is 11.9 Å². The van der Waals surface area contributed by atoms with Crippen molar-refractivity contribution in [3.63, 3.8) is 0 Å². The molecule has 1 aromatic heterocycles. The summed E-state index contributed by atoms with van der Waals surface area (Å²) in [5.41, 5.74) is 3.27. The third kappa shape index (κ3) is 2.52. The first-order valence-corrected chi connectivity index (χ1v) is 8.39. The van der Waals surface area contributed by atoms with Crippen molar-refractivity contribution in [2.24, 2.45) is 0 Å². The number of aliphatic hydroxyl groups excluding tert-OH is 1. The van der Waals surface area contributed by atoms with Crippen LogP contribution in [-0.2, 0) is 0 Å². The van der Waals surface area contributed by atoms with Crippen molar-refractivity contribution >= 4 is 11.6 Å². The Hall–Kier alpha value is -3.23. The number of allylic oxidation sites excluding steroid dienone is 1. The number of aliphatic hydroxyl groups is 1. The topological polar surface area (TPSA) is 71.1 Å². The van der Waals surface area contributed by atoms with Crippen molar-refractivity contribution in [3.05, 3.63) is 88.0 Å². The number of halogens is 1. The lowest BCUT2D eigenvalue weighted by molar-refractivity contribution is 0.185. The van der Waals surface area contributed by atoms with Crippen molar-refractivity contribution in [2.75, 3.05) is 0 Å². The molecule has 1 aliphatic heterocycles. The molecule has 5 nitrogen and oxygen atoms in total. The Morgan fingerprint density at radius 2 is 1.85 bits per heavy atom. The van der Waals surface area contributed by atoms with Gasteiger partial charge in [-0.3, -0.25) is 0 Å². The van der Waals surface area contributed by atoms with Crippen LogP contribution < -0.4 is 4.74 Å². The molecule has 2 aromatic carbocycles. The van der Waals surface area contributed by atoms with Crippen molar-refractivity contribution < 1.29 is 9.84 Å². The van der Waals surface area contributed by atoms with E-state index in [0.717, 1.165) is 22.5 Å². The quantitative estimate of drug-likeness (QED) is 0.719. The van der Waals surface area contributed by atoms with Gasteiger partial charge in [0.25, 0.3) is 5.95 Å². The molecule has 0 aliphatic carbocycles. The second-order valence-electron chi connectivity index (χ2n) is 5.97. The van der Waals surface area contributed by atoms with E-state index >= 15 is 0 Å². The summed E-state index contributed by atoms with van der Waals surface area (Å²) in [6.45, 7) is 1.86. The van der Waals surface area contributed by atoms with Gasteiger partial charge in [0.15, 0.2) is 0 Å². The minimum Gasteiger partial charge on any atom is -0.480 e. The van der Waals surface area contributed by atoms with E-state index in [9.17, 15) is 10.4 Å². The first kappa shape index (κ1) is 16.2. The fraction of sp³-hybridized carbons (Fsp3) is 0.100. The van der Waals surface area contributed by atoms with Gasteiger partial charge in [0.1, 0.15) is 11.6 Å². The molecule has 0 saturated carbocycles. The molecule has 3 aromatic rings. The van der Waals surface area contributed by atoms with E-state index in [1.165, 1.54) is 0 Å². The Kier molecular flexibility index (Phi) is 3.90. The first-order chi connectivity index (χ1) is 12.6. The van der Waals surface area contributed by atoms with E-state index in [0.29, 0.717) is 10.9 Å². The number of hydrogen-bond donors (Lipinski definition) is 1. The Morgan fingerprint density at radius 1 is 1.15 bits per heavy atom. The molecule has 4 rings (SSSR count). The molecule has 1 aliphatic rings. The van der Waals surface area contributed by atoms with E-state index in [1.807, 2.05) is 49.4 Å². The highest BCUT2D eigenvalue weighted by molar-refractivity contribution is 6.30.